The molecule has 0 unspecified atom stereocenters. The Morgan fingerprint density at radius 2 is 1.85 bits per heavy atom. The van der Waals surface area contributed by atoms with Crippen molar-refractivity contribution in [1.29, 1.82) is 5.26 Å². The van der Waals surface area contributed by atoms with Gasteiger partial charge in [-0.1, -0.05) is 0 Å². The lowest BCUT2D eigenvalue weighted by molar-refractivity contribution is 0.174. The predicted molar refractivity (Wildman–Crippen MR) is 133 cm³/mol. The number of fused-ring (bicyclic) bond motifs is 1. The Morgan fingerprint density at radius 1 is 1.06 bits per heavy atom. The van der Waals surface area contributed by atoms with Gasteiger partial charge in [-0.3, -0.25) is 0 Å². The van der Waals surface area contributed by atoms with Crippen molar-refractivity contribution < 1.29 is 5.11 Å². The summed E-state index contributed by atoms with van der Waals surface area (Å²) in [5, 5.41) is 24.7. The number of aliphatic hydroxyl groups is 1. The van der Waals surface area contributed by atoms with E-state index in [9.17, 15) is 0 Å². The fraction of sp³-hybridized carbons (Fsp3) is 0.440. The molecule has 0 radical (unpaired) electrons. The van der Waals surface area contributed by atoms with Gasteiger partial charge in [0.25, 0.3) is 0 Å². The molecule has 0 amide bonds. The quantitative estimate of drug-likeness (QED) is 0.468. The number of likely N-dealkylation sites (tertiary alicyclic amines) is 1. The summed E-state index contributed by atoms with van der Waals surface area (Å²) >= 11 is 0. The number of hydrogen-bond acceptors (Lipinski definition) is 9. The minimum atomic E-state index is 0.0585. The number of rotatable bonds is 8. The van der Waals surface area contributed by atoms with Crippen LogP contribution < -0.4 is 15.5 Å². The van der Waals surface area contributed by atoms with E-state index in [2.05, 4.69) is 41.5 Å². The van der Waals surface area contributed by atoms with Crippen LogP contribution in [0.4, 0.5) is 17.3 Å². The van der Waals surface area contributed by atoms with Crippen molar-refractivity contribution in [3.63, 3.8) is 0 Å². The van der Waals surface area contributed by atoms with Gasteiger partial charge in [0.1, 0.15) is 17.7 Å². The van der Waals surface area contributed by atoms with Crippen LogP contribution in [-0.2, 0) is 0 Å². The zero-order valence-corrected chi connectivity index (χ0v) is 19.2. The number of anilines is 3. The average Bonchev–Trinajstić information content (AvgIpc) is 2.86. The number of nitrogens with zero attached hydrogens (tertiary/aromatic N) is 6. The van der Waals surface area contributed by atoms with E-state index in [0.717, 1.165) is 62.4 Å². The monoisotopic (exact) mass is 458 g/mol. The molecule has 1 aromatic carbocycles. The van der Waals surface area contributed by atoms with Crippen LogP contribution in [0.1, 0.15) is 18.4 Å². The third kappa shape index (κ3) is 5.03. The van der Waals surface area contributed by atoms with Crippen LogP contribution in [0.15, 0.2) is 42.7 Å². The van der Waals surface area contributed by atoms with Crippen molar-refractivity contribution in [2.45, 2.75) is 18.9 Å². The van der Waals surface area contributed by atoms with E-state index in [1.54, 1.807) is 6.33 Å². The highest BCUT2D eigenvalue weighted by Gasteiger charge is 2.30. The van der Waals surface area contributed by atoms with Gasteiger partial charge in [-0.25, -0.2) is 15.0 Å². The number of aliphatic hydroxyl groups excluding tert-OH is 1. The summed E-state index contributed by atoms with van der Waals surface area (Å²) in [6, 6.07) is 14.2. The van der Waals surface area contributed by atoms with Crippen molar-refractivity contribution in [3.8, 4) is 6.07 Å². The molecule has 2 saturated heterocycles. The van der Waals surface area contributed by atoms with Crippen LogP contribution in [0, 0.1) is 17.2 Å². The molecular formula is C25H30N8O. The molecule has 2 aliphatic rings. The molecule has 3 aromatic rings. The van der Waals surface area contributed by atoms with E-state index in [-0.39, 0.29) is 6.61 Å². The van der Waals surface area contributed by atoms with Crippen LogP contribution in [0.3, 0.4) is 0 Å². The standard InChI is InChI=1S/C25H30N8O/c26-13-18-1-3-21(4-2-18)33-15-19(16-33)14-32-10-7-20(8-11-32)30-25-24-22(28-17-29-25)5-6-23(31-24)27-9-12-34/h1-6,17,19-20,34H,7-12,14-16H2,(H,27,31)(H,28,29,30). The first kappa shape index (κ1) is 22.3. The number of piperidine rings is 1. The molecule has 2 fully saturated rings. The fourth-order valence-corrected chi connectivity index (χ4v) is 4.79. The van der Waals surface area contributed by atoms with Crippen LogP contribution >= 0.6 is 0 Å². The Kier molecular flexibility index (Phi) is 6.70. The molecule has 3 N–H and O–H groups in total. The van der Waals surface area contributed by atoms with Gasteiger partial charge in [0.05, 0.1) is 23.8 Å². The first-order chi connectivity index (χ1) is 16.7. The maximum Gasteiger partial charge on any atom is 0.156 e. The molecule has 2 aromatic heterocycles. The maximum absolute atomic E-state index is 9.05. The molecule has 9 heteroatoms. The normalized spacial score (nSPS) is 17.4. The van der Waals surface area contributed by atoms with Crippen molar-refractivity contribution in [2.24, 2.45) is 5.92 Å². The SMILES string of the molecule is N#Cc1ccc(N2CC(CN3CCC(Nc4ncnc5ccc(NCCO)nc45)CC3)C2)cc1. The van der Waals surface area contributed by atoms with Crippen molar-refractivity contribution in [3.05, 3.63) is 48.3 Å². The van der Waals surface area contributed by atoms with Gasteiger partial charge in [-0.05, 0) is 49.2 Å². The van der Waals surface area contributed by atoms with Gasteiger partial charge in [-0.15, -0.1) is 0 Å². The van der Waals surface area contributed by atoms with E-state index in [4.69, 9.17) is 10.4 Å². The Morgan fingerprint density at radius 3 is 2.59 bits per heavy atom. The lowest BCUT2D eigenvalue weighted by atomic mass is 9.96. The second-order valence-electron chi connectivity index (χ2n) is 9.09. The van der Waals surface area contributed by atoms with E-state index < -0.39 is 0 Å². The third-order valence-electron chi connectivity index (χ3n) is 6.66. The first-order valence-corrected chi connectivity index (χ1v) is 11.9. The number of aromatic nitrogens is 3. The summed E-state index contributed by atoms with van der Waals surface area (Å²) in [5.74, 6) is 2.18. The van der Waals surface area contributed by atoms with Crippen LogP contribution in [0.5, 0.6) is 0 Å². The predicted octanol–water partition coefficient (Wildman–Crippen LogP) is 2.31. The molecule has 4 heterocycles. The molecule has 0 spiro atoms. The summed E-state index contributed by atoms with van der Waals surface area (Å²) < 4.78 is 0. The summed E-state index contributed by atoms with van der Waals surface area (Å²) in [5.41, 5.74) is 3.48. The summed E-state index contributed by atoms with van der Waals surface area (Å²) in [4.78, 5) is 18.4. The van der Waals surface area contributed by atoms with Gasteiger partial charge >= 0.3 is 0 Å². The molecule has 9 nitrogen and oxygen atoms in total. The Labute approximate surface area is 199 Å². The van der Waals surface area contributed by atoms with Crippen LogP contribution in [0.25, 0.3) is 11.0 Å². The molecule has 0 saturated carbocycles. The Hall–Kier alpha value is -3.48. The number of nitrogens with one attached hydrogen (secondary N) is 2. The average molecular weight is 459 g/mol. The molecule has 2 aliphatic heterocycles. The minimum absolute atomic E-state index is 0.0585. The zero-order chi connectivity index (χ0) is 23.3. The molecule has 34 heavy (non-hydrogen) atoms. The smallest absolute Gasteiger partial charge is 0.156 e. The maximum atomic E-state index is 9.05. The molecule has 0 atom stereocenters. The Bertz CT molecular complexity index is 1150. The molecular weight excluding hydrogens is 428 g/mol. The van der Waals surface area contributed by atoms with Gasteiger partial charge in [0, 0.05) is 56.9 Å². The first-order valence-electron chi connectivity index (χ1n) is 11.9. The fourth-order valence-electron chi connectivity index (χ4n) is 4.79. The van der Waals surface area contributed by atoms with Gasteiger partial charge < -0.3 is 25.5 Å². The van der Waals surface area contributed by atoms with E-state index >= 15 is 0 Å². The summed E-state index contributed by atoms with van der Waals surface area (Å²) in [6.45, 7) is 5.96. The lowest BCUT2D eigenvalue weighted by Gasteiger charge is -2.44. The molecule has 0 bridgehead atoms. The van der Waals surface area contributed by atoms with Gasteiger partial charge in [-0.2, -0.15) is 5.26 Å². The number of pyridine rings is 1. The highest BCUT2D eigenvalue weighted by Crippen LogP contribution is 2.27. The van der Waals surface area contributed by atoms with Crippen LogP contribution in [0.2, 0.25) is 0 Å². The summed E-state index contributed by atoms with van der Waals surface area (Å²) in [7, 11) is 0. The molecule has 0 aliphatic carbocycles. The van der Waals surface area contributed by atoms with Gasteiger partial charge in [0.2, 0.25) is 0 Å². The Balaban J connectivity index is 1.11. The van der Waals surface area contributed by atoms with E-state index in [1.165, 1.54) is 5.69 Å². The topological polar surface area (TPSA) is 113 Å². The second-order valence-corrected chi connectivity index (χ2v) is 9.09. The third-order valence-corrected chi connectivity index (χ3v) is 6.66. The largest absolute Gasteiger partial charge is 0.395 e. The molecule has 5 rings (SSSR count). The zero-order valence-electron chi connectivity index (χ0n) is 19.2. The van der Waals surface area contributed by atoms with Gasteiger partial charge in [0.15, 0.2) is 5.82 Å². The summed E-state index contributed by atoms with van der Waals surface area (Å²) in [6.07, 6.45) is 3.72. The van der Waals surface area contributed by atoms with E-state index in [0.29, 0.717) is 29.9 Å². The van der Waals surface area contributed by atoms with Crippen LogP contribution in [-0.4, -0.2) is 76.9 Å². The van der Waals surface area contributed by atoms with E-state index in [1.807, 2.05) is 36.4 Å². The lowest BCUT2D eigenvalue weighted by Crippen LogP contribution is -2.53. The van der Waals surface area contributed by atoms with Crippen molar-refractivity contribution >= 4 is 28.4 Å². The number of benzene rings is 1. The molecule has 176 valence electrons. The van der Waals surface area contributed by atoms with Crippen molar-refractivity contribution in [1.82, 2.24) is 19.9 Å². The number of nitriles is 1. The number of hydrogen-bond donors (Lipinski definition) is 3. The highest BCUT2D eigenvalue weighted by atomic mass is 16.3. The van der Waals surface area contributed by atoms with Crippen molar-refractivity contribution in [2.75, 3.05) is 61.4 Å². The highest BCUT2D eigenvalue weighted by molar-refractivity contribution is 5.86. The second kappa shape index (κ2) is 10.2. The minimum Gasteiger partial charge on any atom is -0.395 e.